The number of alkyl halides is 2. The van der Waals surface area contributed by atoms with Gasteiger partial charge in [0, 0.05) is 19.3 Å². The number of Topliss-reactive ketones (excluding diaryl/α,β-unsaturated/α-hetero) is 1. The number of carbonyl (C=O) groups excluding carboxylic acids is 1. The van der Waals surface area contributed by atoms with Gasteiger partial charge in [-0.3, -0.25) is 9.78 Å². The van der Waals surface area contributed by atoms with Crippen LogP contribution in [0.1, 0.15) is 28.2 Å². The summed E-state index contributed by atoms with van der Waals surface area (Å²) in [7, 11) is -4.10. The second kappa shape index (κ2) is 10.3. The number of benzene rings is 2. The summed E-state index contributed by atoms with van der Waals surface area (Å²) in [5.74, 6) is -0.856. The molecule has 1 saturated heterocycles. The molecule has 6 rings (SSSR count). The van der Waals surface area contributed by atoms with Crippen LogP contribution in [0.2, 0.25) is 0 Å². The lowest BCUT2D eigenvalue weighted by atomic mass is 9.65. The van der Waals surface area contributed by atoms with Crippen molar-refractivity contribution >= 4 is 21.9 Å². The van der Waals surface area contributed by atoms with Crippen molar-refractivity contribution in [1.29, 1.82) is 0 Å². The van der Waals surface area contributed by atoms with E-state index in [0.29, 0.717) is 5.69 Å². The average molecular weight is 581 g/mol. The number of nitrogens with zero attached hydrogens (tertiary/aromatic N) is 4. The third kappa shape index (κ3) is 4.82. The van der Waals surface area contributed by atoms with Crippen molar-refractivity contribution in [2.45, 2.75) is 24.3 Å². The van der Waals surface area contributed by atoms with E-state index in [1.807, 2.05) is 6.08 Å². The quantitative estimate of drug-likeness (QED) is 0.289. The minimum Gasteiger partial charge on any atom is -0.435 e. The van der Waals surface area contributed by atoms with Crippen LogP contribution in [-0.2, 0) is 16.4 Å². The number of ether oxygens (including phenoxy) is 1. The topological polar surface area (TPSA) is 94.4 Å². The minimum absolute atomic E-state index is 0.0979. The molecule has 2 aliphatic rings. The monoisotopic (exact) mass is 580 g/mol. The van der Waals surface area contributed by atoms with E-state index in [9.17, 15) is 26.4 Å². The first-order chi connectivity index (χ1) is 19.7. The van der Waals surface area contributed by atoms with Gasteiger partial charge < -0.3 is 4.74 Å². The summed E-state index contributed by atoms with van der Waals surface area (Å²) >= 11 is 0. The van der Waals surface area contributed by atoms with Crippen LogP contribution in [0.15, 0.2) is 89.6 Å². The molecular formula is C29H23F3N4O4S. The van der Waals surface area contributed by atoms with Gasteiger partial charge in [0.1, 0.15) is 17.3 Å². The molecule has 210 valence electrons. The molecule has 12 heteroatoms. The third-order valence-electron chi connectivity index (χ3n) is 7.47. The average Bonchev–Trinajstić information content (AvgIpc) is 3.38. The fourth-order valence-electron chi connectivity index (χ4n) is 5.49. The van der Waals surface area contributed by atoms with Crippen LogP contribution in [0, 0.1) is 11.2 Å². The Morgan fingerprint density at radius 3 is 2.46 bits per heavy atom. The van der Waals surface area contributed by atoms with E-state index in [2.05, 4.69) is 14.8 Å². The zero-order chi connectivity index (χ0) is 28.8. The van der Waals surface area contributed by atoms with Crippen molar-refractivity contribution in [3.8, 4) is 11.4 Å². The first-order valence-electron chi connectivity index (χ1n) is 12.7. The van der Waals surface area contributed by atoms with Crippen molar-refractivity contribution in [1.82, 2.24) is 19.1 Å². The van der Waals surface area contributed by atoms with Gasteiger partial charge in [-0.2, -0.15) is 18.2 Å². The van der Waals surface area contributed by atoms with Crippen LogP contribution in [0.5, 0.6) is 5.75 Å². The highest BCUT2D eigenvalue weighted by molar-refractivity contribution is 7.89. The van der Waals surface area contributed by atoms with Gasteiger partial charge in [-0.25, -0.2) is 17.5 Å². The van der Waals surface area contributed by atoms with Crippen LogP contribution in [0.4, 0.5) is 13.2 Å². The van der Waals surface area contributed by atoms with Crippen molar-refractivity contribution in [3.05, 3.63) is 107 Å². The molecule has 0 radical (unpaired) electrons. The molecule has 0 spiro atoms. The fourth-order valence-corrected chi connectivity index (χ4v) is 6.99. The zero-order valence-corrected chi connectivity index (χ0v) is 22.3. The fraction of sp³-hybridized carbons (Fsp3) is 0.207. The highest BCUT2D eigenvalue weighted by atomic mass is 32.2. The molecule has 3 heterocycles. The summed E-state index contributed by atoms with van der Waals surface area (Å²) in [6.45, 7) is -3.08. The molecule has 0 saturated carbocycles. The summed E-state index contributed by atoms with van der Waals surface area (Å²) in [5, 5.41) is 4.49. The maximum Gasteiger partial charge on any atom is 0.387 e. The molecule has 1 fully saturated rings. The van der Waals surface area contributed by atoms with Gasteiger partial charge in [-0.1, -0.05) is 11.6 Å². The molecule has 4 aromatic rings. The number of aromatic nitrogens is 3. The van der Waals surface area contributed by atoms with Gasteiger partial charge in [0.05, 0.1) is 27.9 Å². The van der Waals surface area contributed by atoms with E-state index < -0.39 is 22.0 Å². The Balaban J connectivity index is 1.40. The maximum absolute atomic E-state index is 14.2. The Morgan fingerprint density at radius 1 is 1.02 bits per heavy atom. The molecule has 1 aliphatic heterocycles. The van der Waals surface area contributed by atoms with E-state index in [1.165, 1.54) is 46.9 Å². The van der Waals surface area contributed by atoms with E-state index in [4.69, 9.17) is 0 Å². The second-order valence-electron chi connectivity index (χ2n) is 9.85. The maximum atomic E-state index is 14.2. The molecule has 0 N–H and O–H groups in total. The summed E-state index contributed by atoms with van der Waals surface area (Å²) in [6, 6.07) is 15.6. The second-order valence-corrected chi connectivity index (χ2v) is 11.8. The zero-order valence-electron chi connectivity index (χ0n) is 21.5. The molecule has 0 unspecified atom stereocenters. The third-order valence-corrected chi connectivity index (χ3v) is 9.33. The Bertz CT molecular complexity index is 1740. The SMILES string of the molecule is O=C(c1ccccn1)[C@]12Cc3cnn(-c4ccc(F)cc4)c3C=C1CCN(S(=O)(=O)c1ccc(OC(F)F)cc1)C2. The summed E-state index contributed by atoms with van der Waals surface area (Å²) < 4.78 is 73.3. The molecule has 41 heavy (non-hydrogen) atoms. The first kappa shape index (κ1) is 26.9. The molecule has 2 aromatic carbocycles. The number of ketones is 1. The molecule has 1 atom stereocenters. The molecule has 0 bridgehead atoms. The van der Waals surface area contributed by atoms with E-state index >= 15 is 0 Å². The Labute approximate surface area is 233 Å². The lowest BCUT2D eigenvalue weighted by Crippen LogP contribution is -2.53. The minimum atomic E-state index is -4.10. The molecule has 8 nitrogen and oxygen atoms in total. The number of piperidine rings is 1. The van der Waals surface area contributed by atoms with Crippen molar-refractivity contribution < 1.29 is 31.1 Å². The number of pyridine rings is 1. The number of hydrogen-bond donors (Lipinski definition) is 0. The van der Waals surface area contributed by atoms with Gasteiger partial charge in [-0.15, -0.1) is 0 Å². The van der Waals surface area contributed by atoms with Gasteiger partial charge in [-0.05, 0) is 85.1 Å². The number of fused-ring (bicyclic) bond motifs is 2. The Kier molecular flexibility index (Phi) is 6.74. The van der Waals surface area contributed by atoms with Gasteiger partial charge in [0.2, 0.25) is 10.0 Å². The number of carbonyl (C=O) groups is 1. The lowest BCUT2D eigenvalue weighted by Gasteiger charge is -2.44. The Morgan fingerprint density at radius 2 is 1.78 bits per heavy atom. The normalized spacial score (nSPS) is 18.9. The standard InChI is InChI=1S/C29H23F3N4O4S/c30-21-4-6-22(7-5-21)36-26-15-20-12-14-35(41(38,39)24-10-8-23(9-11-24)40-28(31)32)18-29(20,16-19(26)17-34-36)27(37)25-3-1-2-13-33-25/h1-11,13,15,17,28H,12,14,16,18H2/t29-/m0/s1. The molecule has 2 aromatic heterocycles. The molecule has 1 aliphatic carbocycles. The summed E-state index contributed by atoms with van der Waals surface area (Å²) in [5.41, 5.74) is 1.82. The van der Waals surface area contributed by atoms with Gasteiger partial charge in [0.15, 0.2) is 5.78 Å². The number of halogens is 3. The van der Waals surface area contributed by atoms with E-state index in [1.54, 1.807) is 41.2 Å². The molecule has 0 amide bonds. The summed E-state index contributed by atoms with van der Waals surface area (Å²) in [4.78, 5) is 18.3. The van der Waals surface area contributed by atoms with E-state index in [-0.39, 0.29) is 53.9 Å². The highest BCUT2D eigenvalue weighted by Gasteiger charge is 2.51. The van der Waals surface area contributed by atoms with Crippen molar-refractivity contribution in [2.75, 3.05) is 13.1 Å². The van der Waals surface area contributed by atoms with Crippen LogP contribution in [-0.4, -0.2) is 53.0 Å². The summed E-state index contributed by atoms with van der Waals surface area (Å²) in [6.07, 6.45) is 5.45. The number of rotatable bonds is 7. The van der Waals surface area contributed by atoms with Crippen molar-refractivity contribution in [2.24, 2.45) is 5.41 Å². The predicted octanol–water partition coefficient (Wildman–Crippen LogP) is 4.91. The van der Waals surface area contributed by atoms with Crippen LogP contribution in [0.25, 0.3) is 11.8 Å². The van der Waals surface area contributed by atoms with Crippen LogP contribution < -0.4 is 4.74 Å². The van der Waals surface area contributed by atoms with Gasteiger partial charge in [0.25, 0.3) is 0 Å². The van der Waals surface area contributed by atoms with Crippen LogP contribution >= 0.6 is 0 Å². The van der Waals surface area contributed by atoms with Crippen LogP contribution in [0.3, 0.4) is 0 Å². The van der Waals surface area contributed by atoms with Gasteiger partial charge >= 0.3 is 6.61 Å². The smallest absolute Gasteiger partial charge is 0.387 e. The largest absolute Gasteiger partial charge is 0.435 e. The molecular weight excluding hydrogens is 557 g/mol. The Hall–Kier alpha value is -4.29. The lowest BCUT2D eigenvalue weighted by molar-refractivity contribution is -0.0498. The number of sulfonamides is 1. The first-order valence-corrected chi connectivity index (χ1v) is 14.2. The number of hydrogen-bond acceptors (Lipinski definition) is 6. The predicted molar refractivity (Wildman–Crippen MR) is 143 cm³/mol. The van der Waals surface area contributed by atoms with Crippen molar-refractivity contribution in [3.63, 3.8) is 0 Å². The highest BCUT2D eigenvalue weighted by Crippen LogP contribution is 2.47. The van der Waals surface area contributed by atoms with E-state index in [0.717, 1.165) is 16.8 Å².